The number of nitrogens with zero attached hydrogens (tertiary/aromatic N) is 3. The highest BCUT2D eigenvalue weighted by Gasteiger charge is 2.20. The zero-order valence-electron chi connectivity index (χ0n) is 15.3. The van der Waals surface area contributed by atoms with Crippen molar-refractivity contribution in [2.24, 2.45) is 0 Å². The third-order valence-electron chi connectivity index (χ3n) is 4.54. The van der Waals surface area contributed by atoms with Gasteiger partial charge in [0.15, 0.2) is 0 Å². The van der Waals surface area contributed by atoms with Gasteiger partial charge in [-0.3, -0.25) is 14.7 Å². The van der Waals surface area contributed by atoms with Crippen LogP contribution in [0.25, 0.3) is 0 Å². The van der Waals surface area contributed by atoms with Crippen LogP contribution in [0.3, 0.4) is 0 Å². The van der Waals surface area contributed by atoms with Crippen LogP contribution in [0.15, 0.2) is 54.9 Å². The number of urea groups is 1. The van der Waals surface area contributed by atoms with Crippen LogP contribution in [-0.2, 0) is 11.3 Å². The van der Waals surface area contributed by atoms with Crippen molar-refractivity contribution in [1.29, 1.82) is 0 Å². The fraction of sp³-hybridized carbons (Fsp3) is 0.350. The van der Waals surface area contributed by atoms with E-state index < -0.39 is 0 Å². The first-order valence-corrected chi connectivity index (χ1v) is 9.19. The highest BCUT2D eigenvalue weighted by Crippen LogP contribution is 2.09. The van der Waals surface area contributed by atoms with Gasteiger partial charge in [-0.1, -0.05) is 18.2 Å². The first-order valence-electron chi connectivity index (χ1n) is 9.19. The van der Waals surface area contributed by atoms with E-state index in [2.05, 4.69) is 20.5 Å². The summed E-state index contributed by atoms with van der Waals surface area (Å²) in [5, 5.41) is 5.47. The lowest BCUT2D eigenvalue weighted by molar-refractivity contribution is -0.132. The summed E-state index contributed by atoms with van der Waals surface area (Å²) >= 11 is 0. The molecular formula is C20H25N5O2. The maximum absolute atomic E-state index is 12.3. The van der Waals surface area contributed by atoms with Gasteiger partial charge >= 0.3 is 6.03 Å². The van der Waals surface area contributed by atoms with Gasteiger partial charge in [0, 0.05) is 63.8 Å². The molecule has 27 heavy (non-hydrogen) atoms. The SMILES string of the molecule is O=C(NCCC(=O)N1CCN(Cc2ccncc2)CC1)Nc1ccccc1. The van der Waals surface area contributed by atoms with E-state index in [-0.39, 0.29) is 11.9 Å². The average Bonchev–Trinajstić information content (AvgIpc) is 2.70. The number of amides is 3. The standard InChI is InChI=1S/C20H25N5O2/c26-19(8-11-22-20(27)23-18-4-2-1-3-5-18)25-14-12-24(13-15-25)16-17-6-9-21-10-7-17/h1-7,9-10H,8,11-16H2,(H2,22,23,27). The lowest BCUT2D eigenvalue weighted by atomic mass is 10.2. The number of benzene rings is 1. The van der Waals surface area contributed by atoms with Gasteiger partial charge in [0.25, 0.3) is 0 Å². The molecule has 0 unspecified atom stereocenters. The van der Waals surface area contributed by atoms with E-state index in [9.17, 15) is 9.59 Å². The smallest absolute Gasteiger partial charge is 0.319 e. The number of anilines is 1. The van der Waals surface area contributed by atoms with Gasteiger partial charge in [0.1, 0.15) is 0 Å². The van der Waals surface area contributed by atoms with Gasteiger partial charge < -0.3 is 15.5 Å². The van der Waals surface area contributed by atoms with Crippen molar-refractivity contribution in [3.05, 3.63) is 60.4 Å². The largest absolute Gasteiger partial charge is 0.340 e. The molecule has 2 N–H and O–H groups in total. The third-order valence-corrected chi connectivity index (χ3v) is 4.54. The van der Waals surface area contributed by atoms with Crippen LogP contribution in [0.5, 0.6) is 0 Å². The molecule has 1 fully saturated rings. The molecule has 1 aromatic carbocycles. The number of aromatic nitrogens is 1. The number of rotatable bonds is 6. The third kappa shape index (κ3) is 6.07. The maximum Gasteiger partial charge on any atom is 0.319 e. The average molecular weight is 367 g/mol. The van der Waals surface area contributed by atoms with Crippen LogP contribution in [0.1, 0.15) is 12.0 Å². The molecule has 7 heteroatoms. The molecule has 2 aromatic rings. The van der Waals surface area contributed by atoms with Crippen molar-refractivity contribution in [2.75, 3.05) is 38.0 Å². The molecule has 2 heterocycles. The van der Waals surface area contributed by atoms with Gasteiger partial charge in [-0.2, -0.15) is 0 Å². The quantitative estimate of drug-likeness (QED) is 0.818. The number of pyridine rings is 1. The minimum Gasteiger partial charge on any atom is -0.340 e. The number of hydrogen-bond acceptors (Lipinski definition) is 4. The van der Waals surface area contributed by atoms with Gasteiger partial charge in [-0.05, 0) is 29.8 Å². The highest BCUT2D eigenvalue weighted by molar-refractivity contribution is 5.89. The van der Waals surface area contributed by atoms with E-state index in [1.54, 1.807) is 12.4 Å². The Bertz CT molecular complexity index is 731. The molecule has 1 aliphatic heterocycles. The summed E-state index contributed by atoms with van der Waals surface area (Å²) in [5.41, 5.74) is 1.96. The Hall–Kier alpha value is -2.93. The Morgan fingerprint density at radius 3 is 2.37 bits per heavy atom. The lowest BCUT2D eigenvalue weighted by Gasteiger charge is -2.34. The van der Waals surface area contributed by atoms with E-state index in [1.165, 1.54) is 5.56 Å². The molecule has 7 nitrogen and oxygen atoms in total. The summed E-state index contributed by atoms with van der Waals surface area (Å²) in [6.07, 6.45) is 3.92. The molecule has 1 saturated heterocycles. The maximum atomic E-state index is 12.3. The van der Waals surface area contributed by atoms with Crippen molar-refractivity contribution < 1.29 is 9.59 Å². The first-order chi connectivity index (χ1) is 13.2. The number of carbonyl (C=O) groups is 2. The zero-order valence-corrected chi connectivity index (χ0v) is 15.3. The molecule has 0 saturated carbocycles. The minimum absolute atomic E-state index is 0.0820. The predicted molar refractivity (Wildman–Crippen MR) is 104 cm³/mol. The van der Waals surface area contributed by atoms with Crippen LogP contribution in [0, 0.1) is 0 Å². The normalized spacial score (nSPS) is 14.6. The van der Waals surface area contributed by atoms with E-state index in [4.69, 9.17) is 0 Å². The molecule has 0 spiro atoms. The van der Waals surface area contributed by atoms with Gasteiger partial charge in [0.05, 0.1) is 0 Å². The van der Waals surface area contributed by atoms with Crippen molar-refractivity contribution in [2.45, 2.75) is 13.0 Å². The number of carbonyl (C=O) groups excluding carboxylic acids is 2. The number of nitrogens with one attached hydrogen (secondary N) is 2. The Balaban J connectivity index is 1.33. The van der Waals surface area contributed by atoms with Crippen molar-refractivity contribution >= 4 is 17.6 Å². The molecule has 3 rings (SSSR count). The molecule has 1 aromatic heterocycles. The lowest BCUT2D eigenvalue weighted by Crippen LogP contribution is -2.48. The van der Waals surface area contributed by atoms with Gasteiger partial charge in [0.2, 0.25) is 5.91 Å². The Kier molecular flexibility index (Phi) is 6.76. The van der Waals surface area contributed by atoms with Crippen molar-refractivity contribution in [1.82, 2.24) is 20.1 Å². The van der Waals surface area contributed by atoms with E-state index >= 15 is 0 Å². The van der Waals surface area contributed by atoms with Crippen LogP contribution in [0.2, 0.25) is 0 Å². The highest BCUT2D eigenvalue weighted by atomic mass is 16.2. The molecule has 142 valence electrons. The van der Waals surface area contributed by atoms with Gasteiger partial charge in [-0.25, -0.2) is 4.79 Å². The topological polar surface area (TPSA) is 77.6 Å². The second-order valence-electron chi connectivity index (χ2n) is 6.51. The zero-order chi connectivity index (χ0) is 18.9. The van der Waals surface area contributed by atoms with Crippen LogP contribution >= 0.6 is 0 Å². The number of hydrogen-bond donors (Lipinski definition) is 2. The summed E-state index contributed by atoms with van der Waals surface area (Å²) in [5.74, 6) is 0.0820. The molecule has 3 amide bonds. The van der Waals surface area contributed by atoms with Crippen molar-refractivity contribution in [3.8, 4) is 0 Å². The Labute approximate surface area is 159 Å². The summed E-state index contributed by atoms with van der Waals surface area (Å²) in [4.78, 5) is 32.4. The van der Waals surface area contributed by atoms with Crippen LogP contribution in [-0.4, -0.2) is 59.4 Å². The van der Waals surface area contributed by atoms with Gasteiger partial charge in [-0.15, -0.1) is 0 Å². The van der Waals surface area contributed by atoms with E-state index in [0.717, 1.165) is 38.4 Å². The van der Waals surface area contributed by atoms with Crippen LogP contribution < -0.4 is 10.6 Å². The predicted octanol–water partition coefficient (Wildman–Crippen LogP) is 1.94. The fourth-order valence-electron chi connectivity index (χ4n) is 3.04. The molecule has 0 aliphatic carbocycles. The summed E-state index contributed by atoms with van der Waals surface area (Å²) in [6.45, 7) is 4.37. The second-order valence-corrected chi connectivity index (χ2v) is 6.51. The van der Waals surface area contributed by atoms with E-state index in [0.29, 0.717) is 13.0 Å². The second kappa shape index (κ2) is 9.68. The monoisotopic (exact) mass is 367 g/mol. The number of piperazine rings is 1. The summed E-state index contributed by atoms with van der Waals surface area (Å²) < 4.78 is 0. The van der Waals surface area contributed by atoms with Crippen LogP contribution in [0.4, 0.5) is 10.5 Å². The first kappa shape index (κ1) is 18.8. The number of para-hydroxylation sites is 1. The Morgan fingerprint density at radius 1 is 0.963 bits per heavy atom. The molecule has 0 atom stereocenters. The molecule has 1 aliphatic rings. The molecule has 0 radical (unpaired) electrons. The minimum atomic E-state index is -0.295. The summed E-state index contributed by atoms with van der Waals surface area (Å²) in [7, 11) is 0. The van der Waals surface area contributed by atoms with Crippen molar-refractivity contribution in [3.63, 3.8) is 0 Å². The Morgan fingerprint density at radius 2 is 1.67 bits per heavy atom. The summed E-state index contributed by atoms with van der Waals surface area (Å²) in [6, 6.07) is 13.0. The fourth-order valence-corrected chi connectivity index (χ4v) is 3.04. The molecule has 0 bridgehead atoms. The van der Waals surface area contributed by atoms with E-state index in [1.807, 2.05) is 47.4 Å². The molecular weight excluding hydrogens is 342 g/mol.